The topological polar surface area (TPSA) is 58.0 Å². The Labute approximate surface area is 196 Å². The van der Waals surface area contributed by atoms with Crippen molar-refractivity contribution in [1.82, 2.24) is 19.9 Å². The average Bonchev–Trinajstić information content (AvgIpc) is 3.22. The maximum absolute atomic E-state index is 4.34. The van der Waals surface area contributed by atoms with Gasteiger partial charge in [0.25, 0.3) is 0 Å². The number of fused-ring (bicyclic) bond motifs is 1. The third-order valence-electron chi connectivity index (χ3n) is 6.08. The lowest BCUT2D eigenvalue weighted by molar-refractivity contribution is 0.589. The molecular weight excluding hydrogens is 408 g/mol. The van der Waals surface area contributed by atoms with Crippen molar-refractivity contribution in [1.29, 1.82) is 0 Å². The minimum atomic E-state index is 0.880. The first kappa shape index (κ1) is 22.6. The van der Waals surface area contributed by atoms with Gasteiger partial charge in [-0.25, -0.2) is 9.97 Å². The first-order valence-corrected chi connectivity index (χ1v) is 11.3. The molecule has 1 aliphatic rings. The van der Waals surface area contributed by atoms with Gasteiger partial charge < -0.3 is 20.1 Å². The van der Waals surface area contributed by atoms with Crippen LogP contribution >= 0.6 is 0 Å². The molecule has 0 unspecified atom stereocenters. The van der Waals surface area contributed by atoms with Crippen LogP contribution in [0.2, 0.25) is 0 Å². The second kappa shape index (κ2) is 10.3. The predicted octanol–water partition coefficient (Wildman–Crippen LogP) is 4.72. The fraction of sp³-hybridized carbons (Fsp3) is 0.259. The van der Waals surface area contributed by atoms with Crippen molar-refractivity contribution in [2.24, 2.45) is 7.05 Å². The van der Waals surface area contributed by atoms with Gasteiger partial charge in [-0.3, -0.25) is 0 Å². The number of hydrogen-bond donors (Lipinski definition) is 2. The molecule has 5 rings (SSSR count). The molecule has 1 aliphatic heterocycles. The zero-order valence-corrected chi connectivity index (χ0v) is 19.7. The molecule has 0 bridgehead atoms. The molecule has 6 heteroatoms. The van der Waals surface area contributed by atoms with Crippen LogP contribution in [-0.4, -0.2) is 47.8 Å². The third kappa shape index (κ3) is 5.23. The van der Waals surface area contributed by atoms with Crippen molar-refractivity contribution in [3.05, 3.63) is 78.9 Å². The molecule has 1 saturated heterocycles. The SMILES string of the molecule is C=Cc1cccc(N2CCNCC2)c1.CNc1cc2cc(-c3cnc(C)n3C)ccc2cn1. The molecule has 0 atom stereocenters. The summed E-state index contributed by atoms with van der Waals surface area (Å²) in [4.78, 5) is 11.1. The Morgan fingerprint density at radius 3 is 2.52 bits per heavy atom. The van der Waals surface area contributed by atoms with Crippen molar-refractivity contribution in [2.75, 3.05) is 43.4 Å². The highest BCUT2D eigenvalue weighted by Crippen LogP contribution is 2.25. The van der Waals surface area contributed by atoms with Crippen LogP contribution in [0.25, 0.3) is 28.1 Å². The number of piperazine rings is 1. The van der Waals surface area contributed by atoms with E-state index in [0.29, 0.717) is 0 Å². The van der Waals surface area contributed by atoms with Gasteiger partial charge in [0, 0.05) is 63.1 Å². The highest BCUT2D eigenvalue weighted by Gasteiger charge is 2.10. The van der Waals surface area contributed by atoms with Crippen LogP contribution in [0.1, 0.15) is 11.4 Å². The largest absolute Gasteiger partial charge is 0.373 e. The summed E-state index contributed by atoms with van der Waals surface area (Å²) in [5.41, 5.74) is 4.80. The zero-order chi connectivity index (χ0) is 23.2. The molecule has 1 fully saturated rings. The Morgan fingerprint density at radius 2 is 1.82 bits per heavy atom. The number of nitrogens with zero attached hydrogens (tertiary/aromatic N) is 4. The van der Waals surface area contributed by atoms with E-state index in [4.69, 9.17) is 0 Å². The molecule has 33 heavy (non-hydrogen) atoms. The molecule has 2 N–H and O–H groups in total. The van der Waals surface area contributed by atoms with E-state index in [9.17, 15) is 0 Å². The van der Waals surface area contributed by atoms with Crippen LogP contribution in [0.4, 0.5) is 11.5 Å². The van der Waals surface area contributed by atoms with Gasteiger partial charge in [0.05, 0.1) is 11.9 Å². The summed E-state index contributed by atoms with van der Waals surface area (Å²) in [6.45, 7) is 10.2. The number of hydrogen-bond acceptors (Lipinski definition) is 5. The molecule has 0 aliphatic carbocycles. The molecule has 0 amide bonds. The van der Waals surface area contributed by atoms with E-state index in [1.165, 1.54) is 22.2 Å². The van der Waals surface area contributed by atoms with Gasteiger partial charge in [0.2, 0.25) is 0 Å². The minimum Gasteiger partial charge on any atom is -0.373 e. The Bertz CT molecular complexity index is 1240. The normalized spacial score (nSPS) is 13.4. The summed E-state index contributed by atoms with van der Waals surface area (Å²) in [6.07, 6.45) is 5.70. The zero-order valence-electron chi connectivity index (χ0n) is 19.7. The van der Waals surface area contributed by atoms with Gasteiger partial charge in [-0.15, -0.1) is 0 Å². The fourth-order valence-corrected chi connectivity index (χ4v) is 3.98. The van der Waals surface area contributed by atoms with E-state index in [2.05, 4.69) is 85.2 Å². The van der Waals surface area contributed by atoms with E-state index < -0.39 is 0 Å². The summed E-state index contributed by atoms with van der Waals surface area (Å²) in [6, 6.07) is 17.0. The summed E-state index contributed by atoms with van der Waals surface area (Å²) in [7, 11) is 3.91. The van der Waals surface area contributed by atoms with Gasteiger partial charge >= 0.3 is 0 Å². The second-order valence-corrected chi connectivity index (χ2v) is 8.17. The van der Waals surface area contributed by atoms with Crippen LogP contribution < -0.4 is 15.5 Å². The summed E-state index contributed by atoms with van der Waals surface area (Å²) >= 11 is 0. The second-order valence-electron chi connectivity index (χ2n) is 8.17. The Morgan fingerprint density at radius 1 is 1.00 bits per heavy atom. The third-order valence-corrected chi connectivity index (χ3v) is 6.08. The van der Waals surface area contributed by atoms with E-state index >= 15 is 0 Å². The van der Waals surface area contributed by atoms with Crippen molar-refractivity contribution >= 4 is 28.4 Å². The molecule has 4 aromatic rings. The van der Waals surface area contributed by atoms with Gasteiger partial charge in [-0.1, -0.05) is 36.9 Å². The number of imidazole rings is 1. The van der Waals surface area contributed by atoms with E-state index in [-0.39, 0.29) is 0 Å². The number of rotatable bonds is 4. The minimum absolute atomic E-state index is 0.880. The number of benzene rings is 2. The summed E-state index contributed by atoms with van der Waals surface area (Å²) in [5, 5.41) is 8.73. The summed E-state index contributed by atoms with van der Waals surface area (Å²) in [5.74, 6) is 1.89. The number of aryl methyl sites for hydroxylation is 1. The first-order chi connectivity index (χ1) is 16.1. The molecule has 6 nitrogen and oxygen atoms in total. The number of anilines is 2. The van der Waals surface area contributed by atoms with Crippen LogP contribution in [0, 0.1) is 6.92 Å². The van der Waals surface area contributed by atoms with Gasteiger partial charge in [0.1, 0.15) is 11.6 Å². The van der Waals surface area contributed by atoms with Crippen molar-refractivity contribution in [3.8, 4) is 11.3 Å². The smallest absolute Gasteiger partial charge is 0.126 e. The highest BCUT2D eigenvalue weighted by atomic mass is 15.2. The van der Waals surface area contributed by atoms with Gasteiger partial charge in [-0.2, -0.15) is 0 Å². The maximum Gasteiger partial charge on any atom is 0.126 e. The summed E-state index contributed by atoms with van der Waals surface area (Å²) < 4.78 is 2.10. The average molecular weight is 441 g/mol. The van der Waals surface area contributed by atoms with Crippen molar-refractivity contribution in [2.45, 2.75) is 6.92 Å². The monoisotopic (exact) mass is 440 g/mol. The Hall–Kier alpha value is -3.64. The van der Waals surface area contributed by atoms with E-state index in [1.807, 2.05) is 39.5 Å². The lowest BCUT2D eigenvalue weighted by Crippen LogP contribution is -2.43. The lowest BCUT2D eigenvalue weighted by atomic mass is 10.1. The fourth-order valence-electron chi connectivity index (χ4n) is 3.98. The Balaban J connectivity index is 0.000000165. The Kier molecular flexibility index (Phi) is 7.05. The number of nitrogens with one attached hydrogen (secondary N) is 2. The molecule has 2 aromatic heterocycles. The van der Waals surface area contributed by atoms with Crippen LogP contribution in [0.3, 0.4) is 0 Å². The number of pyridine rings is 1. The lowest BCUT2D eigenvalue weighted by Gasteiger charge is -2.29. The molecule has 170 valence electrons. The molecule has 3 heterocycles. The van der Waals surface area contributed by atoms with Crippen molar-refractivity contribution < 1.29 is 0 Å². The van der Waals surface area contributed by atoms with Crippen LogP contribution in [0.15, 0.2) is 67.5 Å². The maximum atomic E-state index is 4.34. The highest BCUT2D eigenvalue weighted by molar-refractivity contribution is 5.88. The van der Waals surface area contributed by atoms with E-state index in [1.54, 1.807) is 0 Å². The molecule has 0 saturated carbocycles. The number of aromatic nitrogens is 3. The van der Waals surface area contributed by atoms with Crippen LogP contribution in [0.5, 0.6) is 0 Å². The molecule has 0 spiro atoms. The standard InChI is InChI=1S/C15H16N4.C12H16N2/c1-10-17-9-14(19(10)3)11-4-5-12-8-18-15(16-2)7-13(12)6-11;1-2-11-4-3-5-12(10-11)14-8-6-13-7-9-14/h4-9H,1-3H3,(H,16,18);2-5,10,13H,1,6-9H2. The molecule has 2 aromatic carbocycles. The quantitative estimate of drug-likeness (QED) is 0.481. The molecule has 0 radical (unpaired) electrons. The van der Waals surface area contributed by atoms with Gasteiger partial charge in [-0.05, 0) is 42.1 Å². The first-order valence-electron chi connectivity index (χ1n) is 11.3. The molecular formula is C27H32N6. The predicted molar refractivity (Wildman–Crippen MR) is 140 cm³/mol. The van der Waals surface area contributed by atoms with Gasteiger partial charge in [0.15, 0.2) is 0 Å². The van der Waals surface area contributed by atoms with Crippen molar-refractivity contribution in [3.63, 3.8) is 0 Å². The van der Waals surface area contributed by atoms with E-state index in [0.717, 1.165) is 48.9 Å². The van der Waals surface area contributed by atoms with Crippen LogP contribution in [-0.2, 0) is 7.05 Å².